The Kier molecular flexibility index (Phi) is 3.10. The minimum atomic E-state index is -0.307. The lowest BCUT2D eigenvalue weighted by atomic mass is 10.2. The average Bonchev–Trinajstić information content (AvgIpc) is 2.85. The number of nitrogens with two attached hydrogens (primary N) is 1. The Balaban J connectivity index is 1.89. The van der Waals surface area contributed by atoms with Crippen molar-refractivity contribution in [3.8, 4) is 0 Å². The number of fused-ring (bicyclic) bond motifs is 1. The molecule has 106 valence electrons. The van der Waals surface area contributed by atoms with Crippen molar-refractivity contribution in [2.75, 3.05) is 11.1 Å². The van der Waals surface area contributed by atoms with Gasteiger partial charge in [-0.25, -0.2) is 0 Å². The predicted octanol–water partition coefficient (Wildman–Crippen LogP) is 3.28. The number of pyridine rings is 1. The summed E-state index contributed by atoms with van der Waals surface area (Å²) < 4.78 is 5.53. The van der Waals surface area contributed by atoms with Crippen LogP contribution in [-0.4, -0.2) is 10.9 Å². The van der Waals surface area contributed by atoms with Gasteiger partial charge in [0, 0.05) is 16.8 Å². The van der Waals surface area contributed by atoms with Crippen molar-refractivity contribution >= 4 is 28.3 Å². The van der Waals surface area contributed by atoms with Crippen LogP contribution in [0.3, 0.4) is 0 Å². The summed E-state index contributed by atoms with van der Waals surface area (Å²) in [6, 6.07) is 10.6. The van der Waals surface area contributed by atoms with Gasteiger partial charge in [0.2, 0.25) is 0 Å². The summed E-state index contributed by atoms with van der Waals surface area (Å²) in [6.45, 7) is 3.75. The number of hydrogen-bond donors (Lipinski definition) is 2. The number of carbonyl (C=O) groups excluding carboxylic acids is 1. The van der Waals surface area contributed by atoms with Crippen LogP contribution >= 0.6 is 0 Å². The summed E-state index contributed by atoms with van der Waals surface area (Å²) in [5, 5.41) is 3.61. The number of nitrogens with zero attached hydrogens (tertiary/aromatic N) is 1. The van der Waals surface area contributed by atoms with Crippen LogP contribution in [0, 0.1) is 13.8 Å². The van der Waals surface area contributed by atoms with Gasteiger partial charge in [0.05, 0.1) is 11.4 Å². The van der Waals surface area contributed by atoms with Gasteiger partial charge in [-0.15, -0.1) is 0 Å². The van der Waals surface area contributed by atoms with E-state index >= 15 is 0 Å². The van der Waals surface area contributed by atoms with Crippen molar-refractivity contribution in [3.63, 3.8) is 0 Å². The van der Waals surface area contributed by atoms with Crippen molar-refractivity contribution < 1.29 is 9.21 Å². The van der Waals surface area contributed by atoms with Crippen LogP contribution in [0.5, 0.6) is 0 Å². The number of nitrogen functional groups attached to an aromatic ring is 1. The quantitative estimate of drug-likeness (QED) is 0.706. The number of amides is 1. The number of carbonyl (C=O) groups is 1. The molecule has 0 atom stereocenters. The molecule has 0 aliphatic rings. The molecule has 2 aromatic heterocycles. The summed E-state index contributed by atoms with van der Waals surface area (Å²) >= 11 is 0. The molecule has 0 bridgehead atoms. The van der Waals surface area contributed by atoms with Gasteiger partial charge in [0.15, 0.2) is 5.76 Å². The van der Waals surface area contributed by atoms with Crippen molar-refractivity contribution in [1.29, 1.82) is 0 Å². The second-order valence-corrected chi connectivity index (χ2v) is 4.95. The number of rotatable bonds is 2. The van der Waals surface area contributed by atoms with Crippen LogP contribution in [0.2, 0.25) is 0 Å². The highest BCUT2D eigenvalue weighted by Crippen LogP contribution is 2.23. The van der Waals surface area contributed by atoms with Crippen LogP contribution in [-0.2, 0) is 0 Å². The SMILES string of the molecule is Cc1ccc(NC(=O)c2cc3cc(N)ccc3o2)c(C)n1. The van der Waals surface area contributed by atoms with Crippen LogP contribution < -0.4 is 11.1 Å². The molecule has 1 amide bonds. The summed E-state index contributed by atoms with van der Waals surface area (Å²) in [5.41, 5.74) is 9.33. The first-order chi connectivity index (χ1) is 10.0. The standard InChI is InChI=1S/C16H15N3O2/c1-9-3-5-13(10(2)18-9)19-16(20)15-8-11-7-12(17)4-6-14(11)21-15/h3-8H,17H2,1-2H3,(H,19,20). The van der Waals surface area contributed by atoms with E-state index in [1.807, 2.05) is 26.0 Å². The van der Waals surface area contributed by atoms with E-state index in [1.165, 1.54) is 0 Å². The minimum Gasteiger partial charge on any atom is -0.451 e. The topological polar surface area (TPSA) is 81.2 Å². The van der Waals surface area contributed by atoms with E-state index in [0.29, 0.717) is 17.0 Å². The molecule has 2 heterocycles. The first kappa shape index (κ1) is 13.2. The Hall–Kier alpha value is -2.82. The smallest absolute Gasteiger partial charge is 0.291 e. The zero-order valence-electron chi connectivity index (χ0n) is 11.8. The molecule has 3 rings (SSSR count). The Labute approximate surface area is 121 Å². The zero-order chi connectivity index (χ0) is 15.0. The summed E-state index contributed by atoms with van der Waals surface area (Å²) in [4.78, 5) is 16.6. The van der Waals surface area contributed by atoms with Gasteiger partial charge < -0.3 is 15.5 Å². The van der Waals surface area contributed by atoms with Crippen LogP contribution in [0.1, 0.15) is 21.9 Å². The molecule has 1 aromatic carbocycles. The number of anilines is 2. The van der Waals surface area contributed by atoms with Crippen molar-refractivity contribution in [3.05, 3.63) is 53.5 Å². The van der Waals surface area contributed by atoms with Crippen molar-refractivity contribution in [2.45, 2.75) is 13.8 Å². The van der Waals surface area contributed by atoms with Gasteiger partial charge in [0.1, 0.15) is 5.58 Å². The fourth-order valence-corrected chi connectivity index (χ4v) is 2.18. The lowest BCUT2D eigenvalue weighted by molar-refractivity contribution is 0.0998. The molecule has 0 spiro atoms. The third-order valence-electron chi connectivity index (χ3n) is 3.24. The van der Waals surface area contributed by atoms with Crippen molar-refractivity contribution in [1.82, 2.24) is 4.98 Å². The highest BCUT2D eigenvalue weighted by molar-refractivity contribution is 6.05. The molecule has 0 aliphatic carbocycles. The normalized spacial score (nSPS) is 10.8. The molecule has 3 N–H and O–H groups in total. The van der Waals surface area contributed by atoms with Crippen LogP contribution in [0.25, 0.3) is 11.0 Å². The molecule has 0 radical (unpaired) electrons. The minimum absolute atomic E-state index is 0.246. The predicted molar refractivity (Wildman–Crippen MR) is 82.3 cm³/mol. The molecular formula is C16H15N3O2. The molecule has 0 saturated heterocycles. The maximum Gasteiger partial charge on any atom is 0.291 e. The highest BCUT2D eigenvalue weighted by Gasteiger charge is 2.14. The molecule has 21 heavy (non-hydrogen) atoms. The van der Waals surface area contributed by atoms with Gasteiger partial charge in [0.25, 0.3) is 5.91 Å². The van der Waals surface area contributed by atoms with Gasteiger partial charge in [-0.2, -0.15) is 0 Å². The molecule has 0 saturated carbocycles. The molecular weight excluding hydrogens is 266 g/mol. The average molecular weight is 281 g/mol. The Morgan fingerprint density at radius 2 is 2.00 bits per heavy atom. The van der Waals surface area contributed by atoms with E-state index in [1.54, 1.807) is 24.3 Å². The van der Waals surface area contributed by atoms with Gasteiger partial charge in [-0.3, -0.25) is 9.78 Å². The number of nitrogens with one attached hydrogen (secondary N) is 1. The van der Waals surface area contributed by atoms with E-state index in [2.05, 4.69) is 10.3 Å². The molecule has 5 heteroatoms. The monoisotopic (exact) mass is 281 g/mol. The van der Waals surface area contributed by atoms with Crippen LogP contribution in [0.4, 0.5) is 11.4 Å². The maximum atomic E-state index is 12.2. The van der Waals surface area contributed by atoms with E-state index < -0.39 is 0 Å². The Morgan fingerprint density at radius 1 is 1.19 bits per heavy atom. The third kappa shape index (κ3) is 2.58. The lowest BCUT2D eigenvalue weighted by Gasteiger charge is -2.06. The summed E-state index contributed by atoms with van der Waals surface area (Å²) in [6.07, 6.45) is 0. The number of benzene rings is 1. The highest BCUT2D eigenvalue weighted by atomic mass is 16.3. The summed E-state index contributed by atoms with van der Waals surface area (Å²) in [5.74, 6) is -0.0610. The number of furan rings is 1. The van der Waals surface area contributed by atoms with Gasteiger partial charge in [-0.05, 0) is 50.2 Å². The van der Waals surface area contributed by atoms with Gasteiger partial charge in [-0.1, -0.05) is 0 Å². The molecule has 0 unspecified atom stereocenters. The van der Waals surface area contributed by atoms with Crippen LogP contribution in [0.15, 0.2) is 40.8 Å². The number of hydrogen-bond acceptors (Lipinski definition) is 4. The Morgan fingerprint density at radius 3 is 2.76 bits per heavy atom. The first-order valence-electron chi connectivity index (χ1n) is 6.57. The molecule has 3 aromatic rings. The maximum absolute atomic E-state index is 12.2. The molecule has 0 aliphatic heterocycles. The molecule has 0 fully saturated rings. The van der Waals surface area contributed by atoms with E-state index in [4.69, 9.17) is 10.2 Å². The number of aromatic nitrogens is 1. The lowest BCUT2D eigenvalue weighted by Crippen LogP contribution is -2.12. The third-order valence-corrected chi connectivity index (χ3v) is 3.24. The zero-order valence-corrected chi connectivity index (χ0v) is 11.8. The van der Waals surface area contributed by atoms with E-state index in [9.17, 15) is 4.79 Å². The molecule has 5 nitrogen and oxygen atoms in total. The number of aryl methyl sites for hydroxylation is 2. The second kappa shape index (κ2) is 4.94. The fourth-order valence-electron chi connectivity index (χ4n) is 2.18. The Bertz CT molecular complexity index is 837. The van der Waals surface area contributed by atoms with Crippen molar-refractivity contribution in [2.24, 2.45) is 0 Å². The fraction of sp³-hybridized carbons (Fsp3) is 0.125. The first-order valence-corrected chi connectivity index (χ1v) is 6.57. The largest absolute Gasteiger partial charge is 0.451 e. The second-order valence-electron chi connectivity index (χ2n) is 4.95. The summed E-state index contributed by atoms with van der Waals surface area (Å²) in [7, 11) is 0. The van der Waals surface area contributed by atoms with Gasteiger partial charge >= 0.3 is 0 Å². The van der Waals surface area contributed by atoms with E-state index in [0.717, 1.165) is 16.8 Å². The van der Waals surface area contributed by atoms with E-state index in [-0.39, 0.29) is 11.7 Å².